The van der Waals surface area contributed by atoms with Crippen LogP contribution in [0.25, 0.3) is 0 Å². The summed E-state index contributed by atoms with van der Waals surface area (Å²) in [5.74, 6) is 0.386. The van der Waals surface area contributed by atoms with Crippen LogP contribution in [0, 0.1) is 0 Å². The standard InChI is InChI=1S/C20H23NO7S/c1-26-14-4-6-15(7-5-14)29(24,25)21-9-8-13-10-18(27-2)19(28-3)11-16(13)17(21)12-20(22)23/h4-7,10-11,17H,8-9,12H2,1-3H3,(H,22,23)/t17-/m1/s1. The molecule has 0 unspecified atom stereocenters. The third kappa shape index (κ3) is 4.01. The first-order valence-electron chi connectivity index (χ1n) is 8.94. The highest BCUT2D eigenvalue weighted by Crippen LogP contribution is 2.41. The summed E-state index contributed by atoms with van der Waals surface area (Å²) in [6, 6.07) is 8.61. The number of carboxylic acid groups (broad SMARTS) is 1. The molecular formula is C20H23NO7S. The zero-order valence-corrected chi connectivity index (χ0v) is 17.2. The fourth-order valence-corrected chi connectivity index (χ4v) is 5.16. The summed E-state index contributed by atoms with van der Waals surface area (Å²) in [5, 5.41) is 9.45. The van der Waals surface area contributed by atoms with Crippen LogP contribution in [0.5, 0.6) is 17.2 Å². The molecule has 0 aliphatic carbocycles. The van der Waals surface area contributed by atoms with Crippen LogP contribution >= 0.6 is 0 Å². The van der Waals surface area contributed by atoms with E-state index in [1.54, 1.807) is 24.3 Å². The van der Waals surface area contributed by atoms with Gasteiger partial charge in [0.25, 0.3) is 0 Å². The predicted octanol–water partition coefficient (Wildman–Crippen LogP) is 2.48. The van der Waals surface area contributed by atoms with Crippen LogP contribution in [-0.2, 0) is 21.2 Å². The second kappa shape index (κ2) is 8.30. The van der Waals surface area contributed by atoms with E-state index in [0.717, 1.165) is 5.56 Å². The Hall–Kier alpha value is -2.78. The number of hydrogen-bond acceptors (Lipinski definition) is 6. The molecule has 1 aliphatic rings. The first-order valence-corrected chi connectivity index (χ1v) is 10.4. The minimum atomic E-state index is -3.92. The number of benzene rings is 2. The third-order valence-electron chi connectivity index (χ3n) is 4.99. The number of carboxylic acids is 1. The van der Waals surface area contributed by atoms with E-state index >= 15 is 0 Å². The number of carbonyl (C=O) groups is 1. The number of sulfonamides is 1. The molecule has 2 aromatic rings. The van der Waals surface area contributed by atoms with Crippen molar-refractivity contribution in [1.82, 2.24) is 4.31 Å². The molecule has 9 heteroatoms. The van der Waals surface area contributed by atoms with Gasteiger partial charge in [-0.2, -0.15) is 4.31 Å². The minimum absolute atomic E-state index is 0.0811. The highest BCUT2D eigenvalue weighted by molar-refractivity contribution is 7.89. The maximum absolute atomic E-state index is 13.3. The molecule has 0 spiro atoms. The molecular weight excluding hydrogens is 398 g/mol. The molecule has 0 bridgehead atoms. The number of hydrogen-bond donors (Lipinski definition) is 1. The number of ether oxygens (including phenoxy) is 3. The van der Waals surface area contributed by atoms with Gasteiger partial charge in [0.15, 0.2) is 11.5 Å². The van der Waals surface area contributed by atoms with E-state index in [-0.39, 0.29) is 17.9 Å². The van der Waals surface area contributed by atoms with Crippen molar-refractivity contribution < 1.29 is 32.5 Å². The molecule has 8 nitrogen and oxygen atoms in total. The lowest BCUT2D eigenvalue weighted by Crippen LogP contribution is -2.41. The second-order valence-electron chi connectivity index (χ2n) is 6.56. The topological polar surface area (TPSA) is 102 Å². The molecule has 0 saturated heterocycles. The molecule has 1 aliphatic heterocycles. The first-order chi connectivity index (χ1) is 13.8. The Bertz CT molecular complexity index is 1000. The highest BCUT2D eigenvalue weighted by atomic mass is 32.2. The van der Waals surface area contributed by atoms with Crippen molar-refractivity contribution in [1.29, 1.82) is 0 Å². The quantitative estimate of drug-likeness (QED) is 0.733. The van der Waals surface area contributed by atoms with Crippen LogP contribution in [0.2, 0.25) is 0 Å². The largest absolute Gasteiger partial charge is 0.497 e. The second-order valence-corrected chi connectivity index (χ2v) is 8.45. The van der Waals surface area contributed by atoms with E-state index in [1.807, 2.05) is 0 Å². The average molecular weight is 421 g/mol. The maximum atomic E-state index is 13.3. The summed E-state index contributed by atoms with van der Waals surface area (Å²) >= 11 is 0. The van der Waals surface area contributed by atoms with E-state index in [1.165, 1.54) is 37.8 Å². The summed E-state index contributed by atoms with van der Waals surface area (Å²) in [5.41, 5.74) is 1.45. The lowest BCUT2D eigenvalue weighted by molar-refractivity contribution is -0.138. The van der Waals surface area contributed by atoms with E-state index in [2.05, 4.69) is 0 Å². The van der Waals surface area contributed by atoms with Gasteiger partial charge in [0, 0.05) is 6.54 Å². The Morgan fingerprint density at radius 2 is 1.69 bits per heavy atom. The van der Waals surface area contributed by atoms with Crippen molar-refractivity contribution in [2.24, 2.45) is 0 Å². The van der Waals surface area contributed by atoms with Gasteiger partial charge >= 0.3 is 5.97 Å². The van der Waals surface area contributed by atoms with Gasteiger partial charge in [0.2, 0.25) is 10.0 Å². The summed E-state index contributed by atoms with van der Waals surface area (Å²) in [7, 11) is 0.572. The summed E-state index contributed by atoms with van der Waals surface area (Å²) in [6.07, 6.45) is 0.0685. The Kier molecular flexibility index (Phi) is 5.99. The zero-order chi connectivity index (χ0) is 21.2. The number of nitrogens with zero attached hydrogens (tertiary/aromatic N) is 1. The Balaban J connectivity index is 2.08. The van der Waals surface area contributed by atoms with E-state index in [9.17, 15) is 18.3 Å². The van der Waals surface area contributed by atoms with Crippen molar-refractivity contribution in [3.05, 3.63) is 47.5 Å². The fraction of sp³-hybridized carbons (Fsp3) is 0.350. The van der Waals surface area contributed by atoms with Crippen molar-refractivity contribution in [2.75, 3.05) is 27.9 Å². The van der Waals surface area contributed by atoms with Gasteiger partial charge in [-0.05, 0) is 53.9 Å². The van der Waals surface area contributed by atoms with Gasteiger partial charge < -0.3 is 19.3 Å². The SMILES string of the molecule is COc1ccc(S(=O)(=O)N2CCc3cc(OC)c(OC)cc3[C@H]2CC(=O)O)cc1. The van der Waals surface area contributed by atoms with Gasteiger partial charge in [0.1, 0.15) is 5.75 Å². The van der Waals surface area contributed by atoms with Gasteiger partial charge in [-0.25, -0.2) is 8.42 Å². The van der Waals surface area contributed by atoms with Crippen LogP contribution in [0.3, 0.4) is 0 Å². The lowest BCUT2D eigenvalue weighted by Gasteiger charge is -2.36. The summed E-state index contributed by atoms with van der Waals surface area (Å²) < 4.78 is 43.6. The van der Waals surface area contributed by atoms with Gasteiger partial charge in [-0.3, -0.25) is 4.79 Å². The molecule has 156 valence electrons. The molecule has 1 atom stereocenters. The molecule has 0 radical (unpaired) electrons. The summed E-state index contributed by atoms with van der Waals surface area (Å²) in [4.78, 5) is 11.6. The van der Waals surface area contributed by atoms with Crippen LogP contribution in [-0.4, -0.2) is 51.7 Å². The molecule has 2 aromatic carbocycles. The number of aliphatic carboxylic acids is 1. The third-order valence-corrected chi connectivity index (χ3v) is 6.91. The van der Waals surface area contributed by atoms with Crippen molar-refractivity contribution in [2.45, 2.75) is 23.8 Å². The monoisotopic (exact) mass is 421 g/mol. The van der Waals surface area contributed by atoms with Gasteiger partial charge in [0.05, 0.1) is 38.7 Å². The van der Waals surface area contributed by atoms with Crippen molar-refractivity contribution in [3.8, 4) is 17.2 Å². The molecule has 0 aromatic heterocycles. The van der Waals surface area contributed by atoms with E-state index < -0.39 is 22.0 Å². The van der Waals surface area contributed by atoms with Crippen LogP contribution in [0.1, 0.15) is 23.6 Å². The van der Waals surface area contributed by atoms with Crippen LogP contribution in [0.4, 0.5) is 0 Å². The van der Waals surface area contributed by atoms with Crippen LogP contribution in [0.15, 0.2) is 41.3 Å². The fourth-order valence-electron chi connectivity index (χ4n) is 3.55. The Morgan fingerprint density at radius 1 is 1.07 bits per heavy atom. The van der Waals surface area contributed by atoms with Crippen LogP contribution < -0.4 is 14.2 Å². The zero-order valence-electron chi connectivity index (χ0n) is 16.4. The Morgan fingerprint density at radius 3 is 2.24 bits per heavy atom. The molecule has 29 heavy (non-hydrogen) atoms. The Labute approximate surface area is 169 Å². The van der Waals surface area contributed by atoms with Gasteiger partial charge in [-0.15, -0.1) is 0 Å². The van der Waals surface area contributed by atoms with Gasteiger partial charge in [-0.1, -0.05) is 0 Å². The van der Waals surface area contributed by atoms with Crippen molar-refractivity contribution >= 4 is 16.0 Å². The molecule has 0 fully saturated rings. The molecule has 0 saturated carbocycles. The molecule has 3 rings (SSSR count). The lowest BCUT2D eigenvalue weighted by atomic mass is 9.92. The number of methoxy groups -OCH3 is 3. The predicted molar refractivity (Wildman–Crippen MR) is 105 cm³/mol. The maximum Gasteiger partial charge on any atom is 0.305 e. The number of fused-ring (bicyclic) bond motifs is 1. The normalized spacial score (nSPS) is 16.7. The molecule has 1 N–H and O–H groups in total. The van der Waals surface area contributed by atoms with E-state index in [4.69, 9.17) is 14.2 Å². The smallest absolute Gasteiger partial charge is 0.305 e. The molecule has 0 amide bonds. The van der Waals surface area contributed by atoms with Crippen molar-refractivity contribution in [3.63, 3.8) is 0 Å². The minimum Gasteiger partial charge on any atom is -0.497 e. The highest BCUT2D eigenvalue weighted by Gasteiger charge is 2.38. The summed E-state index contributed by atoms with van der Waals surface area (Å²) in [6.45, 7) is 0.162. The van der Waals surface area contributed by atoms with E-state index in [0.29, 0.717) is 29.2 Å². The first kappa shape index (κ1) is 20.9. The number of rotatable bonds is 7. The average Bonchev–Trinajstić information content (AvgIpc) is 2.72. The molecule has 1 heterocycles.